The van der Waals surface area contributed by atoms with Crippen molar-refractivity contribution in [3.8, 4) is 5.75 Å². The first-order valence-corrected chi connectivity index (χ1v) is 12.2. The Bertz CT molecular complexity index is 945. The molecule has 0 aliphatic heterocycles. The predicted molar refractivity (Wildman–Crippen MR) is 125 cm³/mol. The predicted octanol–water partition coefficient (Wildman–Crippen LogP) is 8.45. The number of rotatable bonds is 10. The molecule has 1 saturated carbocycles. The van der Waals surface area contributed by atoms with Crippen LogP contribution in [0.4, 0.5) is 17.6 Å². The topological polar surface area (TPSA) is 9.23 Å². The zero-order chi connectivity index (χ0) is 23.8. The summed E-state index contributed by atoms with van der Waals surface area (Å²) in [6.07, 6.45) is 11.0. The molecule has 0 amide bonds. The van der Waals surface area contributed by atoms with Crippen molar-refractivity contribution in [2.75, 3.05) is 6.61 Å². The van der Waals surface area contributed by atoms with E-state index in [1.54, 1.807) is 25.1 Å². The molecule has 0 radical (unpaired) electrons. The van der Waals surface area contributed by atoms with Gasteiger partial charge in [-0.2, -0.15) is 4.39 Å². The van der Waals surface area contributed by atoms with Crippen molar-refractivity contribution in [3.63, 3.8) is 0 Å². The lowest BCUT2D eigenvalue weighted by molar-refractivity contribution is 0.313. The first kappa shape index (κ1) is 25.3. The Morgan fingerprint density at radius 1 is 0.818 bits per heavy atom. The highest BCUT2D eigenvalue weighted by molar-refractivity contribution is 5.32. The number of aryl methyl sites for hydroxylation is 2. The van der Waals surface area contributed by atoms with Gasteiger partial charge in [0.25, 0.3) is 0 Å². The van der Waals surface area contributed by atoms with E-state index in [0.29, 0.717) is 41.9 Å². The molecular formula is C28H34F4O. The Balaban J connectivity index is 1.50. The summed E-state index contributed by atoms with van der Waals surface area (Å²) in [5, 5.41) is 0. The third-order valence-corrected chi connectivity index (χ3v) is 6.62. The Hall–Kier alpha value is -2.30. The van der Waals surface area contributed by atoms with Crippen LogP contribution in [-0.4, -0.2) is 6.61 Å². The number of hydrogen-bond acceptors (Lipinski definition) is 1. The molecule has 3 rings (SSSR count). The maximum absolute atomic E-state index is 14.7. The highest BCUT2D eigenvalue weighted by Gasteiger charge is 2.25. The quantitative estimate of drug-likeness (QED) is 0.254. The number of hydrogen-bond donors (Lipinski definition) is 0. The van der Waals surface area contributed by atoms with Gasteiger partial charge >= 0.3 is 0 Å². The van der Waals surface area contributed by atoms with Gasteiger partial charge in [0.2, 0.25) is 5.82 Å². The third kappa shape index (κ3) is 6.39. The molecule has 0 unspecified atom stereocenters. The van der Waals surface area contributed by atoms with Crippen molar-refractivity contribution in [3.05, 3.63) is 76.4 Å². The summed E-state index contributed by atoms with van der Waals surface area (Å²) in [5.74, 6) is -2.76. The molecule has 0 heterocycles. The molecular weight excluding hydrogens is 428 g/mol. The average Bonchev–Trinajstić information content (AvgIpc) is 2.82. The lowest BCUT2D eigenvalue weighted by atomic mass is 9.78. The molecule has 33 heavy (non-hydrogen) atoms. The van der Waals surface area contributed by atoms with E-state index in [1.807, 2.05) is 13.0 Å². The van der Waals surface area contributed by atoms with E-state index >= 15 is 0 Å². The molecule has 0 saturated heterocycles. The largest absolute Gasteiger partial charge is 0.491 e. The third-order valence-electron chi connectivity index (χ3n) is 6.62. The van der Waals surface area contributed by atoms with Gasteiger partial charge in [0, 0.05) is 0 Å². The summed E-state index contributed by atoms with van der Waals surface area (Å²) in [4.78, 5) is 0. The second kappa shape index (κ2) is 12.2. The van der Waals surface area contributed by atoms with Crippen LogP contribution >= 0.6 is 0 Å². The van der Waals surface area contributed by atoms with Crippen LogP contribution < -0.4 is 4.74 Å². The Kier molecular flexibility index (Phi) is 9.40. The number of unbranched alkanes of at least 4 members (excludes halogenated alkanes) is 1. The summed E-state index contributed by atoms with van der Waals surface area (Å²) in [6.45, 7) is 4.04. The normalized spacial score (nSPS) is 18.7. The summed E-state index contributed by atoms with van der Waals surface area (Å²) in [7, 11) is 0. The monoisotopic (exact) mass is 462 g/mol. The highest BCUT2D eigenvalue weighted by atomic mass is 19.2. The van der Waals surface area contributed by atoms with Crippen molar-refractivity contribution in [2.24, 2.45) is 5.92 Å². The highest BCUT2D eigenvalue weighted by Crippen LogP contribution is 2.38. The van der Waals surface area contributed by atoms with Crippen molar-refractivity contribution in [1.82, 2.24) is 0 Å². The fraction of sp³-hybridized carbons (Fsp3) is 0.500. The van der Waals surface area contributed by atoms with Gasteiger partial charge in [-0.3, -0.25) is 0 Å². The van der Waals surface area contributed by atoms with Gasteiger partial charge in [0.05, 0.1) is 6.61 Å². The van der Waals surface area contributed by atoms with Gasteiger partial charge in [0.1, 0.15) is 0 Å². The fourth-order valence-corrected chi connectivity index (χ4v) is 4.66. The van der Waals surface area contributed by atoms with Crippen molar-refractivity contribution in [1.29, 1.82) is 0 Å². The number of halogens is 4. The summed E-state index contributed by atoms with van der Waals surface area (Å²) >= 11 is 0. The Morgan fingerprint density at radius 2 is 1.48 bits per heavy atom. The molecule has 0 bridgehead atoms. The Labute approximate surface area is 194 Å². The molecule has 1 fully saturated rings. The zero-order valence-corrected chi connectivity index (χ0v) is 19.6. The van der Waals surface area contributed by atoms with E-state index in [0.717, 1.165) is 38.5 Å². The van der Waals surface area contributed by atoms with Crippen LogP contribution in [0.25, 0.3) is 0 Å². The average molecular weight is 463 g/mol. The Morgan fingerprint density at radius 3 is 2.18 bits per heavy atom. The molecule has 2 aromatic carbocycles. The van der Waals surface area contributed by atoms with E-state index in [1.165, 1.54) is 6.07 Å². The summed E-state index contributed by atoms with van der Waals surface area (Å²) < 4.78 is 62.3. The first-order valence-electron chi connectivity index (χ1n) is 12.2. The van der Waals surface area contributed by atoms with Crippen LogP contribution in [0.5, 0.6) is 5.75 Å². The molecule has 5 heteroatoms. The van der Waals surface area contributed by atoms with Crippen molar-refractivity contribution < 1.29 is 22.3 Å². The van der Waals surface area contributed by atoms with E-state index in [9.17, 15) is 17.6 Å². The molecule has 1 nitrogen and oxygen atoms in total. The van der Waals surface area contributed by atoms with Crippen LogP contribution in [0, 0.1) is 29.2 Å². The lowest BCUT2D eigenvalue weighted by Gasteiger charge is -2.27. The molecule has 1 aliphatic carbocycles. The van der Waals surface area contributed by atoms with E-state index in [2.05, 4.69) is 6.08 Å². The van der Waals surface area contributed by atoms with E-state index in [-0.39, 0.29) is 18.3 Å². The number of allylic oxidation sites excluding steroid dienone is 2. The maximum atomic E-state index is 14.7. The van der Waals surface area contributed by atoms with Crippen LogP contribution in [-0.2, 0) is 12.8 Å². The molecule has 2 aromatic rings. The maximum Gasteiger partial charge on any atom is 0.200 e. The van der Waals surface area contributed by atoms with Gasteiger partial charge in [-0.05, 0) is 92.9 Å². The van der Waals surface area contributed by atoms with Crippen molar-refractivity contribution in [2.45, 2.75) is 77.6 Å². The number of benzene rings is 2. The SMILES string of the molecule is CCCCc1ccc(C2CCC(C=CCCc3ccc(OCC)c(F)c3F)CC2)c(F)c1F. The second-order valence-electron chi connectivity index (χ2n) is 8.91. The van der Waals surface area contributed by atoms with E-state index in [4.69, 9.17) is 4.74 Å². The molecule has 0 spiro atoms. The molecule has 180 valence electrons. The van der Waals surface area contributed by atoms with Gasteiger partial charge < -0.3 is 4.74 Å². The van der Waals surface area contributed by atoms with Gasteiger partial charge in [-0.15, -0.1) is 0 Å². The van der Waals surface area contributed by atoms with Gasteiger partial charge in [-0.1, -0.05) is 43.7 Å². The lowest BCUT2D eigenvalue weighted by Crippen LogP contribution is -2.14. The molecule has 0 atom stereocenters. The van der Waals surface area contributed by atoms with Crippen LogP contribution in [0.3, 0.4) is 0 Å². The first-order chi connectivity index (χ1) is 16.0. The minimum atomic E-state index is -0.932. The van der Waals surface area contributed by atoms with Crippen molar-refractivity contribution >= 4 is 0 Å². The molecule has 0 N–H and O–H groups in total. The summed E-state index contributed by atoms with van der Waals surface area (Å²) in [5.41, 5.74) is 1.31. The standard InChI is InChI=1S/C28H34F4O/c1-3-5-9-21-15-17-23(27(31)25(21)29)20-13-11-19(12-14-20)8-6-7-10-22-16-18-24(33-4-2)28(32)26(22)30/h6,8,15-20H,3-5,7,9-14H2,1-2H3. The zero-order valence-electron chi connectivity index (χ0n) is 19.6. The molecule has 1 aliphatic rings. The summed E-state index contributed by atoms with van der Waals surface area (Å²) in [6, 6.07) is 6.57. The smallest absolute Gasteiger partial charge is 0.200 e. The fourth-order valence-electron chi connectivity index (χ4n) is 4.66. The van der Waals surface area contributed by atoms with Crippen LogP contribution in [0.15, 0.2) is 36.4 Å². The minimum Gasteiger partial charge on any atom is -0.491 e. The second-order valence-corrected chi connectivity index (χ2v) is 8.91. The van der Waals surface area contributed by atoms with Gasteiger partial charge in [0.15, 0.2) is 23.2 Å². The van der Waals surface area contributed by atoms with Gasteiger partial charge in [-0.25, -0.2) is 13.2 Å². The minimum absolute atomic E-state index is 0.0466. The number of ether oxygens (including phenoxy) is 1. The molecule has 0 aromatic heterocycles. The van der Waals surface area contributed by atoms with Crippen LogP contribution in [0.1, 0.15) is 81.4 Å². The van der Waals surface area contributed by atoms with E-state index < -0.39 is 23.3 Å². The van der Waals surface area contributed by atoms with Crippen LogP contribution in [0.2, 0.25) is 0 Å².